The molecule has 1 aliphatic rings. The number of pyridine rings is 2. The molecule has 1 aliphatic heterocycles. The number of aromatic nitrogens is 3. The van der Waals surface area contributed by atoms with Gasteiger partial charge in [-0.25, -0.2) is 12.4 Å². The second kappa shape index (κ2) is 8.17. The third kappa shape index (κ3) is 3.40. The molecule has 0 saturated carbocycles. The smallest absolute Gasteiger partial charge is 0.269 e. The summed E-state index contributed by atoms with van der Waals surface area (Å²) < 4.78 is 28.2. The molecule has 154 valence electrons. The number of carbonyl (C=O) groups excluding carboxylic acids is 1. The fourth-order valence-electron chi connectivity index (χ4n) is 3.64. The molecular weight excluding hydrogens is 400 g/mol. The third-order valence-corrected chi connectivity index (χ3v) is 6.70. The molecular formula is C22H22N4O3S. The zero-order valence-corrected chi connectivity index (χ0v) is 17.0. The molecule has 3 aromatic heterocycles. The number of rotatable bonds is 3. The van der Waals surface area contributed by atoms with E-state index < -0.39 is 10.0 Å². The number of benzene rings is 1. The molecule has 0 atom stereocenters. The van der Waals surface area contributed by atoms with Crippen molar-refractivity contribution in [1.82, 2.24) is 19.3 Å². The van der Waals surface area contributed by atoms with Gasteiger partial charge in [-0.3, -0.25) is 9.97 Å². The van der Waals surface area contributed by atoms with Crippen LogP contribution >= 0.6 is 0 Å². The summed E-state index contributed by atoms with van der Waals surface area (Å²) in [5.74, 6) is 0. The van der Waals surface area contributed by atoms with E-state index in [2.05, 4.69) is 21.4 Å². The van der Waals surface area contributed by atoms with E-state index in [0.29, 0.717) is 11.0 Å². The van der Waals surface area contributed by atoms with E-state index >= 15 is 0 Å². The Morgan fingerprint density at radius 1 is 1.10 bits per heavy atom. The van der Waals surface area contributed by atoms with Crippen molar-refractivity contribution < 1.29 is 14.6 Å². The summed E-state index contributed by atoms with van der Waals surface area (Å²) in [4.78, 5) is 17.0. The summed E-state index contributed by atoms with van der Waals surface area (Å²) >= 11 is 0. The molecule has 0 radical (unpaired) electrons. The monoisotopic (exact) mass is 422 g/mol. The fourth-order valence-corrected chi connectivity index (χ4v) is 4.98. The average Bonchev–Trinajstić information content (AvgIpc) is 3.21. The molecule has 0 aliphatic carbocycles. The van der Waals surface area contributed by atoms with Gasteiger partial charge in [0.1, 0.15) is 11.7 Å². The van der Waals surface area contributed by atoms with Crippen LogP contribution in [-0.2, 0) is 14.8 Å². The van der Waals surface area contributed by atoms with E-state index in [1.54, 1.807) is 30.6 Å². The number of nitrogens with zero attached hydrogens (tertiary/aromatic N) is 3. The van der Waals surface area contributed by atoms with Crippen molar-refractivity contribution in [2.75, 3.05) is 13.1 Å². The highest BCUT2D eigenvalue weighted by Crippen LogP contribution is 2.31. The zero-order valence-electron chi connectivity index (χ0n) is 16.2. The molecule has 4 aromatic rings. The van der Waals surface area contributed by atoms with Gasteiger partial charge in [0.2, 0.25) is 0 Å². The Bertz CT molecular complexity index is 1370. The van der Waals surface area contributed by atoms with Gasteiger partial charge in [0, 0.05) is 37.5 Å². The van der Waals surface area contributed by atoms with Crippen molar-refractivity contribution in [1.29, 1.82) is 0 Å². The topological polar surface area (TPSA) is 94.0 Å². The number of carbonyl (C=O) groups is 1. The van der Waals surface area contributed by atoms with Crippen LogP contribution in [0, 0.1) is 0 Å². The van der Waals surface area contributed by atoms with E-state index in [0.717, 1.165) is 41.5 Å². The molecule has 1 aromatic carbocycles. The second-order valence-electron chi connectivity index (χ2n) is 6.76. The van der Waals surface area contributed by atoms with E-state index in [1.807, 2.05) is 31.1 Å². The Morgan fingerprint density at radius 3 is 2.73 bits per heavy atom. The first-order valence-corrected chi connectivity index (χ1v) is 10.8. The van der Waals surface area contributed by atoms with Crippen LogP contribution in [-0.4, -0.2) is 42.2 Å². The lowest BCUT2D eigenvalue weighted by Gasteiger charge is -2.12. The highest BCUT2D eigenvalue weighted by atomic mass is 32.2. The van der Waals surface area contributed by atoms with Gasteiger partial charge in [-0.2, -0.15) is 0 Å². The molecule has 5 rings (SSSR count). The predicted molar refractivity (Wildman–Crippen MR) is 119 cm³/mol. The van der Waals surface area contributed by atoms with Crippen LogP contribution in [0.15, 0.2) is 72.0 Å². The standard InChI is InChI=1S/C21H18N4O2S.CH2O.H2/c26-28(27,17-12-16-4-1-2-5-19(16)24-13-17)25-14-18(15-7-10-22-11-8-15)21-20(25)6-3-9-23-21;1-2;/h1-7,9,12-14,22H,8,10-11H2;1H2;1H. The average molecular weight is 423 g/mol. The van der Waals surface area contributed by atoms with E-state index in [4.69, 9.17) is 4.79 Å². The summed E-state index contributed by atoms with van der Waals surface area (Å²) in [7, 11) is -3.80. The van der Waals surface area contributed by atoms with Gasteiger partial charge >= 0.3 is 0 Å². The molecule has 30 heavy (non-hydrogen) atoms. The number of hydrogen-bond donors (Lipinski definition) is 1. The Hall–Kier alpha value is -3.36. The maximum Gasteiger partial charge on any atom is 0.269 e. The van der Waals surface area contributed by atoms with Crippen molar-refractivity contribution >= 4 is 44.3 Å². The van der Waals surface area contributed by atoms with Crippen LogP contribution in [0.1, 0.15) is 13.4 Å². The summed E-state index contributed by atoms with van der Waals surface area (Å²) in [5.41, 5.74) is 4.03. The normalized spacial score (nSPS) is 14.2. The van der Waals surface area contributed by atoms with Gasteiger partial charge in [0.25, 0.3) is 10.0 Å². The maximum atomic E-state index is 13.5. The van der Waals surface area contributed by atoms with Gasteiger partial charge in [0.15, 0.2) is 0 Å². The quantitative estimate of drug-likeness (QED) is 0.545. The molecule has 0 bridgehead atoms. The van der Waals surface area contributed by atoms with E-state index in [-0.39, 0.29) is 6.32 Å². The highest BCUT2D eigenvalue weighted by molar-refractivity contribution is 7.90. The Kier molecular flexibility index (Phi) is 5.43. The van der Waals surface area contributed by atoms with Gasteiger partial charge < -0.3 is 10.1 Å². The molecule has 0 saturated heterocycles. The number of nitrogens with one attached hydrogen (secondary N) is 1. The minimum absolute atomic E-state index is 0. The van der Waals surface area contributed by atoms with Crippen molar-refractivity contribution in [3.63, 3.8) is 0 Å². The summed E-state index contributed by atoms with van der Waals surface area (Å²) in [6.45, 7) is 3.64. The molecule has 0 unspecified atom stereocenters. The number of para-hydroxylation sites is 1. The SMILES string of the molecule is C=O.O=S(=O)(c1cnc2ccccc2c1)n1cc(C2=CCNCC2)c2ncccc21.[HH]. The fraction of sp³-hybridized carbons (Fsp3) is 0.136. The lowest BCUT2D eigenvalue weighted by molar-refractivity contribution is -0.0979. The molecule has 8 heteroatoms. The predicted octanol–water partition coefficient (Wildman–Crippen LogP) is 3.26. The van der Waals surface area contributed by atoms with Crippen molar-refractivity contribution in [3.8, 4) is 0 Å². The van der Waals surface area contributed by atoms with E-state index in [9.17, 15) is 8.42 Å². The lowest BCUT2D eigenvalue weighted by Crippen LogP contribution is -2.20. The van der Waals surface area contributed by atoms with Crippen LogP contribution in [0.5, 0.6) is 0 Å². The third-order valence-electron chi connectivity index (χ3n) is 5.06. The van der Waals surface area contributed by atoms with Crippen molar-refractivity contribution in [2.24, 2.45) is 0 Å². The number of fused-ring (bicyclic) bond motifs is 2. The summed E-state index contributed by atoms with van der Waals surface area (Å²) in [6.07, 6.45) is 7.75. The van der Waals surface area contributed by atoms with Crippen LogP contribution < -0.4 is 5.32 Å². The molecule has 7 nitrogen and oxygen atoms in total. The largest absolute Gasteiger partial charge is 0.313 e. The van der Waals surface area contributed by atoms with Crippen LogP contribution in [0.3, 0.4) is 0 Å². The maximum absolute atomic E-state index is 13.5. The number of hydrogen-bond acceptors (Lipinski definition) is 6. The second-order valence-corrected chi connectivity index (χ2v) is 8.58. The van der Waals surface area contributed by atoms with Gasteiger partial charge in [0.05, 0.1) is 16.6 Å². The summed E-state index contributed by atoms with van der Waals surface area (Å²) in [6, 6.07) is 12.7. The lowest BCUT2D eigenvalue weighted by atomic mass is 10.0. The molecule has 0 fully saturated rings. The van der Waals surface area contributed by atoms with Gasteiger partial charge in [-0.1, -0.05) is 24.3 Å². The Balaban J connectivity index is 0.000000883. The Morgan fingerprint density at radius 2 is 1.93 bits per heavy atom. The molecule has 1 N–H and O–H groups in total. The minimum Gasteiger partial charge on any atom is -0.313 e. The van der Waals surface area contributed by atoms with Crippen LogP contribution in [0.2, 0.25) is 0 Å². The Labute approximate surface area is 175 Å². The molecule has 4 heterocycles. The van der Waals surface area contributed by atoms with Gasteiger partial charge in [-0.05, 0) is 42.8 Å². The first-order chi connectivity index (χ1) is 14.6. The van der Waals surface area contributed by atoms with Crippen molar-refractivity contribution in [3.05, 3.63) is 72.7 Å². The molecule has 0 spiro atoms. The van der Waals surface area contributed by atoms with Gasteiger partial charge in [-0.15, -0.1) is 0 Å². The zero-order chi connectivity index (χ0) is 21.1. The van der Waals surface area contributed by atoms with Crippen LogP contribution in [0.4, 0.5) is 0 Å². The minimum atomic E-state index is -3.80. The highest BCUT2D eigenvalue weighted by Gasteiger charge is 2.24. The first-order valence-electron chi connectivity index (χ1n) is 9.40. The first kappa shape index (κ1) is 19.9. The van der Waals surface area contributed by atoms with E-state index in [1.165, 1.54) is 10.2 Å². The van der Waals surface area contributed by atoms with Crippen LogP contribution in [0.25, 0.3) is 27.5 Å². The molecule has 0 amide bonds. The summed E-state index contributed by atoms with van der Waals surface area (Å²) in [5, 5.41) is 4.07. The van der Waals surface area contributed by atoms with Crippen molar-refractivity contribution in [2.45, 2.75) is 11.3 Å².